The van der Waals surface area contributed by atoms with Crippen molar-refractivity contribution in [3.63, 3.8) is 0 Å². The largest absolute Gasteiger partial charge is 0.396 e. The van der Waals surface area contributed by atoms with E-state index in [4.69, 9.17) is 5.11 Å². The van der Waals surface area contributed by atoms with Crippen molar-refractivity contribution in [2.45, 2.75) is 6.42 Å². The zero-order chi connectivity index (χ0) is 5.82. The van der Waals surface area contributed by atoms with Crippen molar-refractivity contribution in [1.29, 1.82) is 0 Å². The predicted molar refractivity (Wildman–Crippen MR) is 30.7 cm³/mol. The third kappa shape index (κ3) is 1.24. The molecule has 0 atom stereocenters. The molecule has 0 amide bonds. The molecular formula is C4H6N2OS. The van der Waals surface area contributed by atoms with E-state index < -0.39 is 0 Å². The van der Waals surface area contributed by atoms with Gasteiger partial charge in [0, 0.05) is 13.0 Å². The molecule has 4 heteroatoms. The lowest BCUT2D eigenvalue weighted by molar-refractivity contribution is 0.299. The molecule has 0 aromatic carbocycles. The third-order valence-electron chi connectivity index (χ3n) is 0.731. The summed E-state index contributed by atoms with van der Waals surface area (Å²) in [5.41, 5.74) is 1.66. The molecule has 0 aliphatic heterocycles. The zero-order valence-corrected chi connectivity index (χ0v) is 5.06. The van der Waals surface area contributed by atoms with E-state index in [1.807, 2.05) is 0 Å². The van der Waals surface area contributed by atoms with Crippen LogP contribution in [0.5, 0.6) is 0 Å². The fourth-order valence-corrected chi connectivity index (χ4v) is 0.920. The standard InChI is InChI=1S/C4H6N2OS/c7-2-1-4-6-5-3-8-4/h3,7H,1-2H2. The summed E-state index contributed by atoms with van der Waals surface area (Å²) < 4.78 is 0. The Kier molecular flexibility index (Phi) is 1.93. The Bertz CT molecular complexity index is 140. The number of aliphatic hydroxyl groups excluding tert-OH is 1. The summed E-state index contributed by atoms with van der Waals surface area (Å²) in [4.78, 5) is 0. The fraction of sp³-hybridized carbons (Fsp3) is 0.500. The Morgan fingerprint density at radius 1 is 1.75 bits per heavy atom. The maximum Gasteiger partial charge on any atom is 0.119 e. The summed E-state index contributed by atoms with van der Waals surface area (Å²) in [7, 11) is 0. The van der Waals surface area contributed by atoms with Crippen LogP contribution < -0.4 is 0 Å². The van der Waals surface area contributed by atoms with E-state index in [-0.39, 0.29) is 6.61 Å². The first-order chi connectivity index (χ1) is 3.93. The highest BCUT2D eigenvalue weighted by atomic mass is 32.1. The van der Waals surface area contributed by atoms with E-state index in [1.165, 1.54) is 11.3 Å². The van der Waals surface area contributed by atoms with Gasteiger partial charge >= 0.3 is 0 Å². The van der Waals surface area contributed by atoms with Gasteiger partial charge in [-0.05, 0) is 0 Å². The Hall–Kier alpha value is -0.480. The first-order valence-electron chi connectivity index (χ1n) is 2.29. The van der Waals surface area contributed by atoms with Gasteiger partial charge in [-0.25, -0.2) is 0 Å². The topological polar surface area (TPSA) is 46.0 Å². The van der Waals surface area contributed by atoms with E-state index in [0.29, 0.717) is 6.42 Å². The minimum atomic E-state index is 0.162. The van der Waals surface area contributed by atoms with Crippen molar-refractivity contribution in [3.8, 4) is 0 Å². The van der Waals surface area contributed by atoms with Gasteiger partial charge < -0.3 is 5.11 Å². The second-order valence-electron chi connectivity index (χ2n) is 1.31. The number of rotatable bonds is 2. The molecule has 0 spiro atoms. The van der Waals surface area contributed by atoms with Crippen LogP contribution in [0.15, 0.2) is 5.51 Å². The molecule has 0 fully saturated rings. The lowest BCUT2D eigenvalue weighted by Gasteiger charge is -1.82. The van der Waals surface area contributed by atoms with Crippen LogP contribution in [-0.4, -0.2) is 21.9 Å². The van der Waals surface area contributed by atoms with Crippen LogP contribution >= 0.6 is 11.3 Å². The zero-order valence-electron chi connectivity index (χ0n) is 4.24. The summed E-state index contributed by atoms with van der Waals surface area (Å²) in [6.45, 7) is 0.162. The summed E-state index contributed by atoms with van der Waals surface area (Å²) in [5, 5.41) is 16.6. The van der Waals surface area contributed by atoms with Crippen LogP contribution in [0.25, 0.3) is 0 Å². The minimum absolute atomic E-state index is 0.162. The summed E-state index contributed by atoms with van der Waals surface area (Å²) in [5.74, 6) is 0. The molecule has 1 aromatic rings. The smallest absolute Gasteiger partial charge is 0.119 e. The monoisotopic (exact) mass is 130 g/mol. The molecular weight excluding hydrogens is 124 g/mol. The first-order valence-corrected chi connectivity index (χ1v) is 3.17. The maximum atomic E-state index is 8.38. The molecule has 1 heterocycles. The second kappa shape index (κ2) is 2.74. The van der Waals surface area contributed by atoms with Gasteiger partial charge in [-0.2, -0.15) is 0 Å². The highest BCUT2D eigenvalue weighted by Gasteiger charge is 1.91. The molecule has 0 saturated carbocycles. The normalized spacial score (nSPS) is 9.62. The van der Waals surface area contributed by atoms with Crippen LogP contribution in [0.4, 0.5) is 0 Å². The Labute approximate surface area is 51.0 Å². The van der Waals surface area contributed by atoms with Gasteiger partial charge in [0.25, 0.3) is 0 Å². The third-order valence-corrected chi connectivity index (χ3v) is 1.49. The predicted octanol–water partition coefficient (Wildman–Crippen LogP) is 0.0729. The van der Waals surface area contributed by atoms with Gasteiger partial charge in [0.2, 0.25) is 0 Å². The Morgan fingerprint density at radius 3 is 3.12 bits per heavy atom. The molecule has 1 N–H and O–H groups in total. The lowest BCUT2D eigenvalue weighted by Crippen LogP contribution is -1.88. The maximum absolute atomic E-state index is 8.38. The first kappa shape index (κ1) is 5.65. The highest BCUT2D eigenvalue weighted by Crippen LogP contribution is 1.99. The van der Waals surface area contributed by atoms with Crippen molar-refractivity contribution >= 4 is 11.3 Å². The quantitative estimate of drug-likeness (QED) is 0.616. The van der Waals surface area contributed by atoms with Crippen LogP contribution in [-0.2, 0) is 6.42 Å². The van der Waals surface area contributed by atoms with Crippen LogP contribution in [0, 0.1) is 0 Å². The average molecular weight is 130 g/mol. The van der Waals surface area contributed by atoms with E-state index >= 15 is 0 Å². The van der Waals surface area contributed by atoms with Crippen LogP contribution in [0.3, 0.4) is 0 Å². The molecule has 0 saturated heterocycles. The summed E-state index contributed by atoms with van der Waals surface area (Å²) in [6, 6.07) is 0. The number of aromatic nitrogens is 2. The van der Waals surface area contributed by atoms with Gasteiger partial charge in [0.1, 0.15) is 10.5 Å². The van der Waals surface area contributed by atoms with Crippen molar-refractivity contribution in [1.82, 2.24) is 10.2 Å². The lowest BCUT2D eigenvalue weighted by atomic mass is 10.5. The van der Waals surface area contributed by atoms with Crippen LogP contribution in [0.1, 0.15) is 5.01 Å². The number of nitrogens with zero attached hydrogens (tertiary/aromatic N) is 2. The van der Waals surface area contributed by atoms with Crippen LogP contribution in [0.2, 0.25) is 0 Å². The number of aliphatic hydroxyl groups is 1. The van der Waals surface area contributed by atoms with Gasteiger partial charge in [0.15, 0.2) is 0 Å². The second-order valence-corrected chi connectivity index (χ2v) is 2.22. The molecule has 0 aliphatic rings. The van der Waals surface area contributed by atoms with E-state index in [1.54, 1.807) is 5.51 Å². The van der Waals surface area contributed by atoms with Crippen molar-refractivity contribution in [3.05, 3.63) is 10.5 Å². The van der Waals surface area contributed by atoms with Gasteiger partial charge in [-0.15, -0.1) is 21.5 Å². The van der Waals surface area contributed by atoms with Gasteiger partial charge in [-0.1, -0.05) is 0 Å². The van der Waals surface area contributed by atoms with E-state index in [0.717, 1.165) is 5.01 Å². The summed E-state index contributed by atoms with van der Waals surface area (Å²) >= 11 is 1.47. The van der Waals surface area contributed by atoms with E-state index in [2.05, 4.69) is 10.2 Å². The Balaban J connectivity index is 2.50. The Morgan fingerprint density at radius 2 is 2.62 bits per heavy atom. The number of hydrogen-bond donors (Lipinski definition) is 1. The van der Waals surface area contributed by atoms with Gasteiger partial charge in [0.05, 0.1) is 0 Å². The van der Waals surface area contributed by atoms with Crippen molar-refractivity contribution < 1.29 is 5.11 Å². The van der Waals surface area contributed by atoms with Gasteiger partial charge in [-0.3, -0.25) is 0 Å². The SMILES string of the molecule is OCCc1nncs1. The molecule has 0 radical (unpaired) electrons. The van der Waals surface area contributed by atoms with E-state index in [9.17, 15) is 0 Å². The summed E-state index contributed by atoms with van der Waals surface area (Å²) in [6.07, 6.45) is 0.630. The molecule has 1 aromatic heterocycles. The van der Waals surface area contributed by atoms with Crippen molar-refractivity contribution in [2.75, 3.05) is 6.61 Å². The minimum Gasteiger partial charge on any atom is -0.396 e. The molecule has 1 rings (SSSR count). The van der Waals surface area contributed by atoms with Crippen molar-refractivity contribution in [2.24, 2.45) is 0 Å². The number of hydrogen-bond acceptors (Lipinski definition) is 4. The molecule has 44 valence electrons. The molecule has 3 nitrogen and oxygen atoms in total. The molecule has 0 aliphatic carbocycles. The molecule has 0 bridgehead atoms. The molecule has 8 heavy (non-hydrogen) atoms. The average Bonchev–Trinajstić information content (AvgIpc) is 2.19. The highest BCUT2D eigenvalue weighted by molar-refractivity contribution is 7.09. The molecule has 0 unspecified atom stereocenters. The fourth-order valence-electron chi connectivity index (χ4n) is 0.401.